The van der Waals surface area contributed by atoms with E-state index in [1.807, 2.05) is 6.92 Å². The molecule has 1 heterocycles. The van der Waals surface area contributed by atoms with Crippen LogP contribution in [-0.2, 0) is 10.0 Å². The molecule has 2 rings (SSSR count). The fourth-order valence-corrected chi connectivity index (χ4v) is 2.93. The average molecular weight is 255 g/mol. The number of hydrogen-bond acceptors (Lipinski definition) is 4. The quantitative estimate of drug-likeness (QED) is 0.832. The Balaban J connectivity index is 2.16. The minimum absolute atomic E-state index is 0.152. The van der Waals surface area contributed by atoms with Gasteiger partial charge in [-0.1, -0.05) is 6.92 Å². The molecule has 1 saturated carbocycles. The molecule has 0 spiro atoms. The van der Waals surface area contributed by atoms with Crippen LogP contribution in [0.3, 0.4) is 0 Å². The first kappa shape index (κ1) is 12.3. The van der Waals surface area contributed by atoms with Gasteiger partial charge < -0.3 is 5.73 Å². The Bertz CT molecular complexity index is 497. The lowest BCUT2D eigenvalue weighted by Crippen LogP contribution is -2.18. The Kier molecular flexibility index (Phi) is 3.35. The Morgan fingerprint density at radius 1 is 1.59 bits per heavy atom. The van der Waals surface area contributed by atoms with Crippen LogP contribution in [0.1, 0.15) is 37.9 Å². The number of aromatic nitrogens is 1. The molecule has 1 aromatic heterocycles. The van der Waals surface area contributed by atoms with Gasteiger partial charge in [0.05, 0.1) is 16.6 Å². The fraction of sp³-hybridized carbons (Fsp3) is 0.545. The molecular formula is C11H17N3O2S. The molecule has 0 bridgehead atoms. The van der Waals surface area contributed by atoms with Crippen molar-refractivity contribution in [3.8, 4) is 0 Å². The molecule has 0 unspecified atom stereocenters. The summed E-state index contributed by atoms with van der Waals surface area (Å²) in [6.07, 6.45) is 3.85. The minimum atomic E-state index is -3.21. The zero-order chi connectivity index (χ0) is 12.5. The van der Waals surface area contributed by atoms with E-state index in [0.717, 1.165) is 19.3 Å². The average Bonchev–Trinajstić information content (AvgIpc) is 3.11. The van der Waals surface area contributed by atoms with Crippen molar-refractivity contribution in [3.05, 3.63) is 24.0 Å². The highest BCUT2D eigenvalue weighted by Gasteiger charge is 2.35. The summed E-state index contributed by atoms with van der Waals surface area (Å²) in [7, 11) is -3.21. The third kappa shape index (κ3) is 2.95. The van der Waals surface area contributed by atoms with Crippen LogP contribution in [0.15, 0.2) is 18.3 Å². The Morgan fingerprint density at radius 3 is 2.88 bits per heavy atom. The summed E-state index contributed by atoms with van der Waals surface area (Å²) < 4.78 is 26.1. The van der Waals surface area contributed by atoms with Crippen LogP contribution in [0.25, 0.3) is 0 Å². The third-order valence-corrected chi connectivity index (χ3v) is 4.69. The highest BCUT2D eigenvalue weighted by atomic mass is 32.2. The number of pyridine rings is 1. The molecule has 1 aliphatic rings. The molecule has 3 N–H and O–H groups in total. The number of sulfonamides is 1. The molecule has 1 fully saturated rings. The van der Waals surface area contributed by atoms with E-state index in [9.17, 15) is 8.42 Å². The normalized spacial score (nSPS) is 17.8. The van der Waals surface area contributed by atoms with Crippen molar-refractivity contribution in [3.63, 3.8) is 0 Å². The summed E-state index contributed by atoms with van der Waals surface area (Å²) in [4.78, 5) is 4.14. The van der Waals surface area contributed by atoms with Crippen LogP contribution in [0, 0.1) is 0 Å². The summed E-state index contributed by atoms with van der Waals surface area (Å²) in [5.41, 5.74) is 7.12. The second-order valence-corrected chi connectivity index (χ2v) is 6.29. The maximum Gasteiger partial charge on any atom is 0.235 e. The van der Waals surface area contributed by atoms with Gasteiger partial charge in [0.2, 0.25) is 10.0 Å². The van der Waals surface area contributed by atoms with Gasteiger partial charge in [-0.05, 0) is 31.4 Å². The SMILES string of the molecule is CC[C@@H](N)c1cc(NS(=O)(=O)C2CC2)ccn1. The summed E-state index contributed by atoms with van der Waals surface area (Å²) in [5.74, 6) is 0. The molecule has 0 amide bonds. The topological polar surface area (TPSA) is 85.1 Å². The van der Waals surface area contributed by atoms with E-state index >= 15 is 0 Å². The molecule has 5 nitrogen and oxygen atoms in total. The number of nitrogens with zero attached hydrogens (tertiary/aromatic N) is 1. The molecule has 0 saturated heterocycles. The van der Waals surface area contributed by atoms with E-state index in [0.29, 0.717) is 11.4 Å². The van der Waals surface area contributed by atoms with Crippen molar-refractivity contribution < 1.29 is 8.42 Å². The lowest BCUT2D eigenvalue weighted by molar-refractivity contribution is 0.600. The molecule has 0 radical (unpaired) electrons. The lowest BCUT2D eigenvalue weighted by atomic mass is 10.1. The van der Waals surface area contributed by atoms with Crippen molar-refractivity contribution in [2.45, 2.75) is 37.5 Å². The maximum atomic E-state index is 11.8. The number of hydrogen-bond donors (Lipinski definition) is 2. The summed E-state index contributed by atoms with van der Waals surface area (Å²) >= 11 is 0. The number of nitrogens with one attached hydrogen (secondary N) is 1. The standard InChI is InChI=1S/C11H17N3O2S/c1-2-10(12)11-7-8(5-6-13-11)14-17(15,16)9-3-4-9/h5-7,9-10H,2-4,12H2,1H3,(H,13,14)/t10-/m1/s1. The summed E-state index contributed by atoms with van der Waals surface area (Å²) in [5, 5.41) is -0.223. The van der Waals surface area contributed by atoms with E-state index in [1.165, 1.54) is 0 Å². The highest BCUT2D eigenvalue weighted by Crippen LogP contribution is 2.29. The van der Waals surface area contributed by atoms with Gasteiger partial charge in [-0.2, -0.15) is 0 Å². The fourth-order valence-electron chi connectivity index (χ4n) is 1.55. The van der Waals surface area contributed by atoms with Crippen LogP contribution in [-0.4, -0.2) is 18.7 Å². The highest BCUT2D eigenvalue weighted by molar-refractivity contribution is 7.93. The molecule has 1 aliphatic carbocycles. The monoisotopic (exact) mass is 255 g/mol. The molecule has 94 valence electrons. The molecular weight excluding hydrogens is 238 g/mol. The van der Waals surface area contributed by atoms with Crippen LogP contribution < -0.4 is 10.5 Å². The van der Waals surface area contributed by atoms with Gasteiger partial charge in [0.1, 0.15) is 0 Å². The zero-order valence-electron chi connectivity index (χ0n) is 9.76. The van der Waals surface area contributed by atoms with Gasteiger partial charge in [0.15, 0.2) is 0 Å². The van der Waals surface area contributed by atoms with Gasteiger partial charge in [-0.3, -0.25) is 9.71 Å². The van der Waals surface area contributed by atoms with E-state index in [2.05, 4.69) is 9.71 Å². The summed E-state index contributed by atoms with van der Waals surface area (Å²) in [6, 6.07) is 3.19. The van der Waals surface area contributed by atoms with Crippen molar-refractivity contribution in [1.29, 1.82) is 0 Å². The molecule has 17 heavy (non-hydrogen) atoms. The molecule has 0 aliphatic heterocycles. The van der Waals surface area contributed by atoms with Crippen LogP contribution in [0.4, 0.5) is 5.69 Å². The first-order valence-corrected chi connectivity index (χ1v) is 7.30. The zero-order valence-corrected chi connectivity index (χ0v) is 10.6. The van der Waals surface area contributed by atoms with Crippen molar-refractivity contribution in [1.82, 2.24) is 4.98 Å². The van der Waals surface area contributed by atoms with E-state index in [-0.39, 0.29) is 11.3 Å². The maximum absolute atomic E-state index is 11.8. The number of anilines is 1. The van der Waals surface area contributed by atoms with Crippen molar-refractivity contribution in [2.75, 3.05) is 4.72 Å². The van der Waals surface area contributed by atoms with Crippen LogP contribution >= 0.6 is 0 Å². The smallest absolute Gasteiger partial charge is 0.235 e. The van der Waals surface area contributed by atoms with Crippen molar-refractivity contribution >= 4 is 15.7 Å². The van der Waals surface area contributed by atoms with E-state index < -0.39 is 10.0 Å². The molecule has 1 aromatic rings. The molecule has 0 aromatic carbocycles. The van der Waals surface area contributed by atoms with Gasteiger partial charge >= 0.3 is 0 Å². The predicted molar refractivity (Wildman–Crippen MR) is 67.0 cm³/mol. The van der Waals surface area contributed by atoms with Gasteiger partial charge in [0.25, 0.3) is 0 Å². The summed E-state index contributed by atoms with van der Waals surface area (Å²) in [6.45, 7) is 1.97. The Labute approximate surface area is 101 Å². The predicted octanol–water partition coefficient (Wildman–Crippen LogP) is 1.40. The molecule has 6 heteroatoms. The lowest BCUT2D eigenvalue weighted by Gasteiger charge is -2.11. The largest absolute Gasteiger partial charge is 0.323 e. The van der Waals surface area contributed by atoms with E-state index in [4.69, 9.17) is 5.73 Å². The first-order chi connectivity index (χ1) is 8.03. The van der Waals surface area contributed by atoms with Gasteiger partial charge in [-0.25, -0.2) is 8.42 Å². The second kappa shape index (κ2) is 4.62. The van der Waals surface area contributed by atoms with Crippen LogP contribution in [0.5, 0.6) is 0 Å². The van der Waals surface area contributed by atoms with Gasteiger partial charge in [0, 0.05) is 12.2 Å². The van der Waals surface area contributed by atoms with Gasteiger partial charge in [-0.15, -0.1) is 0 Å². The second-order valence-electron chi connectivity index (χ2n) is 4.33. The van der Waals surface area contributed by atoms with E-state index in [1.54, 1.807) is 18.3 Å². The minimum Gasteiger partial charge on any atom is -0.323 e. The number of rotatable bonds is 5. The van der Waals surface area contributed by atoms with Crippen molar-refractivity contribution in [2.24, 2.45) is 5.73 Å². The molecule has 1 atom stereocenters. The Morgan fingerprint density at radius 2 is 2.29 bits per heavy atom. The third-order valence-electron chi connectivity index (χ3n) is 2.82. The first-order valence-electron chi connectivity index (χ1n) is 5.76. The number of nitrogens with two attached hydrogens (primary N) is 1. The Hall–Kier alpha value is -1.14. The van der Waals surface area contributed by atoms with Crippen LogP contribution in [0.2, 0.25) is 0 Å².